The molecule has 0 aromatic carbocycles. The molecule has 0 radical (unpaired) electrons. The summed E-state index contributed by atoms with van der Waals surface area (Å²) in [4.78, 5) is 2.30. The monoisotopic (exact) mass is 187 g/mol. The molecule has 0 amide bonds. The minimum absolute atomic E-state index is 0.435. The summed E-state index contributed by atoms with van der Waals surface area (Å²) in [7, 11) is 1.76. The van der Waals surface area contributed by atoms with E-state index >= 15 is 0 Å². The van der Waals surface area contributed by atoms with Crippen LogP contribution in [0.4, 0.5) is 4.39 Å². The van der Waals surface area contributed by atoms with E-state index in [1.807, 2.05) is 0 Å². The molecule has 2 fully saturated rings. The second-order valence-electron chi connectivity index (χ2n) is 4.22. The van der Waals surface area contributed by atoms with Crippen LogP contribution in [0.1, 0.15) is 25.7 Å². The average molecular weight is 187 g/mol. The standard InChI is InChI=1S/C10H18FNO/c1-13-10-5-9(6-10)12-4-2-3-8(11)7-12/h8-10H,2-7H2,1H3/t8?,9-,10-. The molecule has 76 valence electrons. The van der Waals surface area contributed by atoms with Gasteiger partial charge in [0.15, 0.2) is 0 Å². The topological polar surface area (TPSA) is 12.5 Å². The molecule has 0 aromatic heterocycles. The van der Waals surface area contributed by atoms with Gasteiger partial charge in [0, 0.05) is 19.7 Å². The van der Waals surface area contributed by atoms with E-state index < -0.39 is 6.17 Å². The maximum Gasteiger partial charge on any atom is 0.113 e. The van der Waals surface area contributed by atoms with Gasteiger partial charge in [-0.15, -0.1) is 0 Å². The van der Waals surface area contributed by atoms with Crippen molar-refractivity contribution in [1.82, 2.24) is 4.90 Å². The predicted molar refractivity (Wildman–Crippen MR) is 49.5 cm³/mol. The molecule has 2 aliphatic rings. The third-order valence-electron chi connectivity index (χ3n) is 3.31. The molecule has 0 bridgehead atoms. The van der Waals surface area contributed by atoms with Crippen molar-refractivity contribution >= 4 is 0 Å². The van der Waals surface area contributed by atoms with Gasteiger partial charge in [-0.1, -0.05) is 0 Å². The van der Waals surface area contributed by atoms with Crippen molar-refractivity contribution in [2.24, 2.45) is 0 Å². The molecular formula is C10H18FNO. The van der Waals surface area contributed by atoms with Crippen LogP contribution in [0.2, 0.25) is 0 Å². The molecule has 0 spiro atoms. The zero-order valence-electron chi connectivity index (χ0n) is 8.21. The predicted octanol–water partition coefficient (Wildman–Crippen LogP) is 1.60. The van der Waals surface area contributed by atoms with E-state index in [-0.39, 0.29) is 0 Å². The lowest BCUT2D eigenvalue weighted by Gasteiger charge is -2.44. The lowest BCUT2D eigenvalue weighted by molar-refractivity contribution is -0.0412. The Labute approximate surface area is 79.1 Å². The molecule has 1 unspecified atom stereocenters. The number of piperidine rings is 1. The number of halogens is 1. The van der Waals surface area contributed by atoms with Crippen LogP contribution in [-0.4, -0.2) is 43.4 Å². The molecule has 1 heterocycles. The molecule has 1 saturated carbocycles. The molecular weight excluding hydrogens is 169 g/mol. The SMILES string of the molecule is CO[C@H]1C[C@H](N2CCCC(F)C2)C1. The highest BCUT2D eigenvalue weighted by atomic mass is 19.1. The van der Waals surface area contributed by atoms with E-state index in [1.54, 1.807) is 7.11 Å². The summed E-state index contributed by atoms with van der Waals surface area (Å²) >= 11 is 0. The number of rotatable bonds is 2. The molecule has 1 aliphatic heterocycles. The fourth-order valence-electron chi connectivity index (χ4n) is 2.31. The van der Waals surface area contributed by atoms with E-state index in [0.717, 1.165) is 32.2 Å². The van der Waals surface area contributed by atoms with Gasteiger partial charge in [0.2, 0.25) is 0 Å². The van der Waals surface area contributed by atoms with E-state index in [9.17, 15) is 4.39 Å². The second-order valence-corrected chi connectivity index (χ2v) is 4.22. The van der Waals surface area contributed by atoms with Crippen LogP contribution in [0.15, 0.2) is 0 Å². The lowest BCUT2D eigenvalue weighted by Crippen LogP contribution is -2.51. The first-order chi connectivity index (χ1) is 6.29. The molecule has 0 N–H and O–H groups in total. The summed E-state index contributed by atoms with van der Waals surface area (Å²) in [6.45, 7) is 1.74. The van der Waals surface area contributed by atoms with Crippen LogP contribution >= 0.6 is 0 Å². The fraction of sp³-hybridized carbons (Fsp3) is 1.00. The summed E-state index contributed by atoms with van der Waals surface area (Å²) in [5.74, 6) is 0. The summed E-state index contributed by atoms with van der Waals surface area (Å²) < 4.78 is 18.3. The van der Waals surface area contributed by atoms with Crippen molar-refractivity contribution in [2.75, 3.05) is 20.2 Å². The Morgan fingerprint density at radius 1 is 1.38 bits per heavy atom. The zero-order chi connectivity index (χ0) is 9.26. The Morgan fingerprint density at radius 2 is 2.15 bits per heavy atom. The van der Waals surface area contributed by atoms with Crippen molar-refractivity contribution in [2.45, 2.75) is 44.0 Å². The van der Waals surface area contributed by atoms with Gasteiger partial charge in [0.1, 0.15) is 6.17 Å². The minimum atomic E-state index is -0.588. The van der Waals surface area contributed by atoms with Crippen molar-refractivity contribution in [1.29, 1.82) is 0 Å². The Balaban J connectivity index is 1.75. The molecule has 1 aliphatic carbocycles. The highest BCUT2D eigenvalue weighted by Gasteiger charge is 2.35. The molecule has 2 rings (SSSR count). The molecule has 3 heteroatoms. The maximum atomic E-state index is 13.1. The number of hydrogen-bond donors (Lipinski definition) is 0. The van der Waals surface area contributed by atoms with Crippen LogP contribution in [0.5, 0.6) is 0 Å². The van der Waals surface area contributed by atoms with Crippen LogP contribution in [0.25, 0.3) is 0 Å². The quantitative estimate of drug-likeness (QED) is 0.651. The molecule has 1 saturated heterocycles. The van der Waals surface area contributed by atoms with E-state index in [0.29, 0.717) is 18.7 Å². The van der Waals surface area contributed by atoms with E-state index in [2.05, 4.69) is 4.90 Å². The fourth-order valence-corrected chi connectivity index (χ4v) is 2.31. The Morgan fingerprint density at radius 3 is 2.77 bits per heavy atom. The first-order valence-electron chi connectivity index (χ1n) is 5.20. The van der Waals surface area contributed by atoms with Crippen LogP contribution in [-0.2, 0) is 4.74 Å². The van der Waals surface area contributed by atoms with Gasteiger partial charge in [-0.2, -0.15) is 0 Å². The van der Waals surface area contributed by atoms with E-state index in [4.69, 9.17) is 4.74 Å². The Bertz CT molecular complexity index is 170. The number of likely N-dealkylation sites (tertiary alicyclic amines) is 1. The highest BCUT2D eigenvalue weighted by Crippen LogP contribution is 2.30. The number of methoxy groups -OCH3 is 1. The summed E-state index contributed by atoms with van der Waals surface area (Å²) in [6, 6.07) is 0.600. The number of hydrogen-bond acceptors (Lipinski definition) is 2. The second kappa shape index (κ2) is 3.93. The first kappa shape index (κ1) is 9.41. The largest absolute Gasteiger partial charge is 0.381 e. The summed E-state index contributed by atoms with van der Waals surface area (Å²) in [5.41, 5.74) is 0. The lowest BCUT2D eigenvalue weighted by atomic mass is 9.86. The van der Waals surface area contributed by atoms with Crippen molar-refractivity contribution in [3.63, 3.8) is 0 Å². The van der Waals surface area contributed by atoms with Crippen molar-refractivity contribution in [3.05, 3.63) is 0 Å². The molecule has 13 heavy (non-hydrogen) atoms. The smallest absolute Gasteiger partial charge is 0.113 e. The Hall–Kier alpha value is -0.150. The van der Waals surface area contributed by atoms with Gasteiger partial charge >= 0.3 is 0 Å². The molecule has 2 nitrogen and oxygen atoms in total. The van der Waals surface area contributed by atoms with Crippen LogP contribution < -0.4 is 0 Å². The van der Waals surface area contributed by atoms with Gasteiger partial charge in [0.05, 0.1) is 6.10 Å². The third kappa shape index (κ3) is 2.02. The maximum absolute atomic E-state index is 13.1. The highest BCUT2D eigenvalue weighted by molar-refractivity contribution is 4.90. The number of alkyl halides is 1. The Kier molecular flexibility index (Phi) is 2.84. The molecule has 1 atom stereocenters. The van der Waals surface area contributed by atoms with E-state index in [1.165, 1.54) is 0 Å². The van der Waals surface area contributed by atoms with Gasteiger partial charge in [0.25, 0.3) is 0 Å². The summed E-state index contributed by atoms with van der Waals surface area (Å²) in [5, 5.41) is 0. The van der Waals surface area contributed by atoms with Gasteiger partial charge < -0.3 is 4.74 Å². The molecule has 0 aromatic rings. The van der Waals surface area contributed by atoms with Crippen molar-refractivity contribution in [3.8, 4) is 0 Å². The van der Waals surface area contributed by atoms with Crippen molar-refractivity contribution < 1.29 is 9.13 Å². The van der Waals surface area contributed by atoms with Gasteiger partial charge in [-0.3, -0.25) is 4.90 Å². The minimum Gasteiger partial charge on any atom is -0.381 e. The average Bonchev–Trinajstić information content (AvgIpc) is 2.02. The zero-order valence-corrected chi connectivity index (χ0v) is 8.21. The first-order valence-corrected chi connectivity index (χ1v) is 5.20. The van der Waals surface area contributed by atoms with Gasteiger partial charge in [-0.25, -0.2) is 4.39 Å². The normalized spacial score (nSPS) is 41.5. The third-order valence-corrected chi connectivity index (χ3v) is 3.31. The van der Waals surface area contributed by atoms with Crippen LogP contribution in [0, 0.1) is 0 Å². The number of nitrogens with zero attached hydrogens (tertiary/aromatic N) is 1. The van der Waals surface area contributed by atoms with Crippen LogP contribution in [0.3, 0.4) is 0 Å². The van der Waals surface area contributed by atoms with Gasteiger partial charge in [-0.05, 0) is 32.2 Å². The summed E-state index contributed by atoms with van der Waals surface area (Å²) in [6.07, 6.45) is 3.83. The number of ether oxygens (including phenoxy) is 1.